The van der Waals surface area contributed by atoms with E-state index in [1.54, 1.807) is 6.07 Å². The van der Waals surface area contributed by atoms with Crippen molar-refractivity contribution in [1.29, 1.82) is 0 Å². The zero-order chi connectivity index (χ0) is 17.6. The van der Waals surface area contributed by atoms with Crippen LogP contribution in [-0.4, -0.2) is 11.2 Å². The maximum Gasteiger partial charge on any atom is 0.280 e. The fraction of sp³-hybridized carbons (Fsp3) is 0.0500. The topological polar surface area (TPSA) is 69.4 Å². The van der Waals surface area contributed by atoms with Gasteiger partial charge in [0.15, 0.2) is 6.29 Å². The third-order valence-corrected chi connectivity index (χ3v) is 3.77. The number of carbonyl (C=O) groups excluding carboxylic acids is 1. The highest BCUT2D eigenvalue weighted by Crippen LogP contribution is 2.29. The highest BCUT2D eigenvalue weighted by Gasteiger charge is 2.14. The molecule has 3 aromatic carbocycles. The fourth-order valence-corrected chi connectivity index (χ4v) is 2.49. The summed E-state index contributed by atoms with van der Waals surface area (Å²) >= 11 is 0. The number of carbonyl (C=O) groups is 1. The SMILES string of the molecule is O=Cc1ccc(-c2cccc(OCc3ccccc3)c2)cc1[N+](=O)[O-]. The van der Waals surface area contributed by atoms with Crippen molar-refractivity contribution in [3.05, 3.63) is 94.0 Å². The van der Waals surface area contributed by atoms with Gasteiger partial charge in [-0.3, -0.25) is 14.9 Å². The maximum atomic E-state index is 11.1. The average molecular weight is 333 g/mol. The molecule has 0 aliphatic rings. The molecule has 0 aliphatic heterocycles. The first-order chi connectivity index (χ1) is 12.2. The summed E-state index contributed by atoms with van der Waals surface area (Å²) in [5, 5.41) is 11.1. The van der Waals surface area contributed by atoms with E-state index >= 15 is 0 Å². The number of ether oxygens (including phenoxy) is 1. The van der Waals surface area contributed by atoms with Crippen molar-refractivity contribution >= 4 is 12.0 Å². The number of aldehydes is 1. The average Bonchev–Trinajstić information content (AvgIpc) is 2.67. The number of hydrogen-bond acceptors (Lipinski definition) is 4. The Labute approximate surface area is 144 Å². The van der Waals surface area contributed by atoms with E-state index in [-0.39, 0.29) is 11.3 Å². The lowest BCUT2D eigenvalue weighted by atomic mass is 10.0. The van der Waals surface area contributed by atoms with Crippen molar-refractivity contribution < 1.29 is 14.5 Å². The van der Waals surface area contributed by atoms with Gasteiger partial charge in [-0.15, -0.1) is 0 Å². The number of hydrogen-bond donors (Lipinski definition) is 0. The van der Waals surface area contributed by atoms with E-state index in [1.807, 2.05) is 54.6 Å². The predicted octanol–water partition coefficient (Wildman–Crippen LogP) is 4.65. The molecule has 0 fully saturated rings. The van der Waals surface area contributed by atoms with Gasteiger partial charge in [-0.05, 0) is 34.9 Å². The normalized spacial score (nSPS) is 10.2. The van der Waals surface area contributed by atoms with Gasteiger partial charge in [0, 0.05) is 6.07 Å². The van der Waals surface area contributed by atoms with Crippen molar-refractivity contribution in [3.8, 4) is 16.9 Å². The van der Waals surface area contributed by atoms with Crippen LogP contribution in [0.1, 0.15) is 15.9 Å². The zero-order valence-electron chi connectivity index (χ0n) is 13.3. The van der Waals surface area contributed by atoms with Gasteiger partial charge in [-0.2, -0.15) is 0 Å². The molecular formula is C20H15NO4. The second-order valence-corrected chi connectivity index (χ2v) is 5.45. The molecule has 0 saturated carbocycles. The molecule has 5 nitrogen and oxygen atoms in total. The maximum absolute atomic E-state index is 11.1. The molecule has 0 atom stereocenters. The second kappa shape index (κ2) is 7.40. The first-order valence-corrected chi connectivity index (χ1v) is 7.68. The minimum absolute atomic E-state index is 0.0604. The van der Waals surface area contributed by atoms with E-state index in [0.29, 0.717) is 24.2 Å². The monoisotopic (exact) mass is 333 g/mol. The highest BCUT2D eigenvalue weighted by atomic mass is 16.6. The number of rotatable bonds is 6. The minimum atomic E-state index is -0.553. The molecule has 3 rings (SSSR count). The number of benzene rings is 3. The van der Waals surface area contributed by atoms with Crippen LogP contribution in [0.15, 0.2) is 72.8 Å². The van der Waals surface area contributed by atoms with Crippen molar-refractivity contribution in [1.82, 2.24) is 0 Å². The van der Waals surface area contributed by atoms with Gasteiger partial charge in [0.25, 0.3) is 5.69 Å². The summed E-state index contributed by atoms with van der Waals surface area (Å²) in [6.45, 7) is 0.439. The summed E-state index contributed by atoms with van der Waals surface area (Å²) in [7, 11) is 0. The van der Waals surface area contributed by atoms with Crippen LogP contribution in [0.5, 0.6) is 5.75 Å². The van der Waals surface area contributed by atoms with Gasteiger partial charge < -0.3 is 4.74 Å². The standard InChI is InChI=1S/C20H15NO4/c22-13-18-10-9-17(12-20(18)21(23)24)16-7-4-8-19(11-16)25-14-15-5-2-1-3-6-15/h1-13H,14H2. The lowest BCUT2D eigenvalue weighted by molar-refractivity contribution is -0.385. The molecule has 0 aromatic heterocycles. The Morgan fingerprint density at radius 3 is 2.40 bits per heavy atom. The number of nitro groups is 1. The Bertz CT molecular complexity index is 907. The Balaban J connectivity index is 1.85. The van der Waals surface area contributed by atoms with Crippen LogP contribution in [0, 0.1) is 10.1 Å². The summed E-state index contributed by atoms with van der Waals surface area (Å²) in [5.41, 5.74) is 2.35. The molecule has 3 aromatic rings. The molecule has 124 valence electrons. The third kappa shape index (κ3) is 3.90. The van der Waals surface area contributed by atoms with Crippen LogP contribution in [-0.2, 0) is 6.61 Å². The van der Waals surface area contributed by atoms with Crippen molar-refractivity contribution in [2.75, 3.05) is 0 Å². The van der Waals surface area contributed by atoms with Gasteiger partial charge in [0.05, 0.1) is 10.5 Å². The molecule has 0 aliphatic carbocycles. The molecule has 0 unspecified atom stereocenters. The molecule has 0 radical (unpaired) electrons. The highest BCUT2D eigenvalue weighted by molar-refractivity contribution is 5.84. The zero-order valence-corrected chi connectivity index (χ0v) is 13.3. The largest absolute Gasteiger partial charge is 0.489 e. The van der Waals surface area contributed by atoms with Crippen LogP contribution in [0.3, 0.4) is 0 Å². The van der Waals surface area contributed by atoms with Crippen molar-refractivity contribution in [2.45, 2.75) is 6.61 Å². The molecule has 25 heavy (non-hydrogen) atoms. The van der Waals surface area contributed by atoms with E-state index in [2.05, 4.69) is 0 Å². The van der Waals surface area contributed by atoms with E-state index in [4.69, 9.17) is 4.74 Å². The van der Waals surface area contributed by atoms with Gasteiger partial charge in [-0.25, -0.2) is 0 Å². The smallest absolute Gasteiger partial charge is 0.280 e. The first kappa shape index (κ1) is 16.4. The van der Waals surface area contributed by atoms with Gasteiger partial charge in [-0.1, -0.05) is 48.5 Å². The molecule has 0 saturated heterocycles. The molecule has 0 bridgehead atoms. The summed E-state index contributed by atoms with van der Waals surface area (Å²) in [6, 6.07) is 21.7. The van der Waals surface area contributed by atoms with E-state index in [0.717, 1.165) is 11.1 Å². The second-order valence-electron chi connectivity index (χ2n) is 5.45. The Morgan fingerprint density at radius 1 is 0.920 bits per heavy atom. The molecule has 0 N–H and O–H groups in total. The Kier molecular flexibility index (Phi) is 4.85. The molecular weight excluding hydrogens is 318 g/mol. The summed E-state index contributed by atoms with van der Waals surface area (Å²) in [6.07, 6.45) is 0.487. The third-order valence-electron chi connectivity index (χ3n) is 3.77. The van der Waals surface area contributed by atoms with Crippen LogP contribution in [0.2, 0.25) is 0 Å². The van der Waals surface area contributed by atoms with Crippen LogP contribution < -0.4 is 4.74 Å². The summed E-state index contributed by atoms with van der Waals surface area (Å²) in [5.74, 6) is 0.670. The van der Waals surface area contributed by atoms with Gasteiger partial charge in [0.1, 0.15) is 12.4 Å². The molecule has 0 amide bonds. The quantitative estimate of drug-likeness (QED) is 0.374. The lowest BCUT2D eigenvalue weighted by Crippen LogP contribution is -1.96. The van der Waals surface area contributed by atoms with E-state index in [1.165, 1.54) is 12.1 Å². The van der Waals surface area contributed by atoms with Gasteiger partial charge >= 0.3 is 0 Å². The van der Waals surface area contributed by atoms with E-state index in [9.17, 15) is 14.9 Å². The van der Waals surface area contributed by atoms with Crippen LogP contribution in [0.25, 0.3) is 11.1 Å². The predicted molar refractivity (Wildman–Crippen MR) is 94.7 cm³/mol. The first-order valence-electron chi connectivity index (χ1n) is 7.68. The molecule has 5 heteroatoms. The summed E-state index contributed by atoms with van der Waals surface area (Å²) < 4.78 is 5.79. The fourth-order valence-electron chi connectivity index (χ4n) is 2.49. The van der Waals surface area contributed by atoms with E-state index < -0.39 is 4.92 Å². The Hall–Kier alpha value is -3.47. The molecule has 0 spiro atoms. The number of nitro benzene ring substituents is 1. The van der Waals surface area contributed by atoms with Gasteiger partial charge in [0.2, 0.25) is 0 Å². The van der Waals surface area contributed by atoms with Crippen molar-refractivity contribution in [3.63, 3.8) is 0 Å². The van der Waals surface area contributed by atoms with Crippen LogP contribution >= 0.6 is 0 Å². The number of nitrogens with zero attached hydrogens (tertiary/aromatic N) is 1. The lowest BCUT2D eigenvalue weighted by Gasteiger charge is -2.09. The van der Waals surface area contributed by atoms with Crippen molar-refractivity contribution in [2.24, 2.45) is 0 Å². The molecule has 0 heterocycles. The van der Waals surface area contributed by atoms with Crippen LogP contribution in [0.4, 0.5) is 5.69 Å². The minimum Gasteiger partial charge on any atom is -0.489 e. The Morgan fingerprint density at radius 2 is 1.68 bits per heavy atom. The summed E-state index contributed by atoms with van der Waals surface area (Å²) in [4.78, 5) is 21.5.